The lowest BCUT2D eigenvalue weighted by Gasteiger charge is -2.26. The Kier molecular flexibility index (Phi) is 2.58. The molecular formula is C14H16O2. The fraction of sp³-hybridized carbons (Fsp3) is 0.357. The summed E-state index contributed by atoms with van der Waals surface area (Å²) in [6.45, 7) is 6.26. The Hall–Kier alpha value is -1.57. The number of carboxylic acids is 1. The summed E-state index contributed by atoms with van der Waals surface area (Å²) in [7, 11) is 0. The van der Waals surface area contributed by atoms with Crippen LogP contribution in [0, 0.1) is 12.8 Å². The van der Waals surface area contributed by atoms with E-state index in [0.717, 1.165) is 11.1 Å². The van der Waals surface area contributed by atoms with Gasteiger partial charge < -0.3 is 5.11 Å². The molecule has 1 aliphatic carbocycles. The average molecular weight is 216 g/mol. The number of aliphatic carboxylic acids is 1. The Morgan fingerprint density at radius 3 is 2.62 bits per heavy atom. The van der Waals surface area contributed by atoms with Crippen LogP contribution in [-0.4, -0.2) is 11.1 Å². The van der Waals surface area contributed by atoms with Crippen molar-refractivity contribution >= 4 is 11.5 Å². The second-order valence-corrected chi connectivity index (χ2v) is 4.62. The Morgan fingerprint density at radius 2 is 2.00 bits per heavy atom. The highest BCUT2D eigenvalue weighted by molar-refractivity contribution is 6.16. The molecule has 1 aromatic carbocycles. The van der Waals surface area contributed by atoms with Crippen molar-refractivity contribution in [3.8, 4) is 0 Å². The van der Waals surface area contributed by atoms with Crippen LogP contribution in [-0.2, 0) is 4.79 Å². The van der Waals surface area contributed by atoms with Gasteiger partial charge in [-0.1, -0.05) is 43.7 Å². The molecule has 1 N–H and O–H groups in total. The molecule has 84 valence electrons. The van der Waals surface area contributed by atoms with Gasteiger partial charge in [-0.3, -0.25) is 0 Å². The second kappa shape index (κ2) is 3.78. The van der Waals surface area contributed by atoms with E-state index in [2.05, 4.69) is 19.9 Å². The molecule has 0 spiro atoms. The van der Waals surface area contributed by atoms with E-state index in [4.69, 9.17) is 0 Å². The van der Waals surface area contributed by atoms with E-state index in [9.17, 15) is 9.90 Å². The van der Waals surface area contributed by atoms with Crippen LogP contribution in [0.25, 0.3) is 5.57 Å². The molecule has 0 bridgehead atoms. The van der Waals surface area contributed by atoms with Crippen molar-refractivity contribution in [3.63, 3.8) is 0 Å². The maximum atomic E-state index is 11.2. The van der Waals surface area contributed by atoms with E-state index in [1.165, 1.54) is 5.56 Å². The first-order valence-electron chi connectivity index (χ1n) is 5.56. The molecule has 0 heterocycles. The monoisotopic (exact) mass is 216 g/mol. The van der Waals surface area contributed by atoms with Gasteiger partial charge in [0.1, 0.15) is 0 Å². The van der Waals surface area contributed by atoms with E-state index in [0.29, 0.717) is 11.5 Å². The highest BCUT2D eigenvalue weighted by Crippen LogP contribution is 2.38. The van der Waals surface area contributed by atoms with Gasteiger partial charge >= 0.3 is 5.97 Å². The highest BCUT2D eigenvalue weighted by atomic mass is 16.4. The number of benzene rings is 1. The number of carbonyl (C=O) groups is 1. The number of carboxylic acid groups (broad SMARTS) is 1. The van der Waals surface area contributed by atoms with Crippen LogP contribution in [0.15, 0.2) is 24.3 Å². The molecule has 16 heavy (non-hydrogen) atoms. The molecule has 1 aromatic rings. The molecule has 0 aromatic heterocycles. The Labute approximate surface area is 95.6 Å². The number of rotatable bonds is 1. The van der Waals surface area contributed by atoms with Crippen LogP contribution in [0.5, 0.6) is 0 Å². The van der Waals surface area contributed by atoms with Crippen LogP contribution in [0.4, 0.5) is 0 Å². The summed E-state index contributed by atoms with van der Waals surface area (Å²) < 4.78 is 0. The van der Waals surface area contributed by atoms with Crippen molar-refractivity contribution in [2.24, 2.45) is 5.92 Å². The van der Waals surface area contributed by atoms with Crippen LogP contribution >= 0.6 is 0 Å². The van der Waals surface area contributed by atoms with E-state index in [1.54, 1.807) is 0 Å². The average Bonchev–Trinajstić information content (AvgIpc) is 2.23. The Morgan fingerprint density at radius 1 is 1.31 bits per heavy atom. The van der Waals surface area contributed by atoms with Crippen molar-refractivity contribution in [1.82, 2.24) is 0 Å². The lowest BCUT2D eigenvalue weighted by atomic mass is 9.77. The molecule has 0 fully saturated rings. The van der Waals surface area contributed by atoms with E-state index in [1.807, 2.05) is 25.1 Å². The largest absolute Gasteiger partial charge is 0.478 e. The van der Waals surface area contributed by atoms with E-state index in [-0.39, 0.29) is 5.92 Å². The van der Waals surface area contributed by atoms with Crippen molar-refractivity contribution in [3.05, 3.63) is 41.0 Å². The number of allylic oxidation sites excluding steroid dienone is 1. The maximum absolute atomic E-state index is 11.2. The number of fused-ring (bicyclic) bond motifs is 1. The minimum absolute atomic E-state index is 0.278. The SMILES string of the molecule is Cc1ccc2c(c1)C(C)C(C)C=C2C(=O)O. The molecule has 2 rings (SSSR count). The highest BCUT2D eigenvalue weighted by Gasteiger charge is 2.26. The summed E-state index contributed by atoms with van der Waals surface area (Å²) in [5.41, 5.74) is 3.67. The van der Waals surface area contributed by atoms with Crippen LogP contribution < -0.4 is 0 Å². The standard InChI is InChI=1S/C14H16O2/c1-8-4-5-11-12(6-8)10(3)9(2)7-13(11)14(15)16/h4-7,9-10H,1-3H3,(H,15,16). The van der Waals surface area contributed by atoms with Crippen molar-refractivity contribution in [1.29, 1.82) is 0 Å². The first kappa shape index (κ1) is 10.9. The van der Waals surface area contributed by atoms with Gasteiger partial charge in [-0.15, -0.1) is 0 Å². The van der Waals surface area contributed by atoms with Crippen LogP contribution in [0.2, 0.25) is 0 Å². The minimum Gasteiger partial charge on any atom is -0.478 e. The minimum atomic E-state index is -0.830. The van der Waals surface area contributed by atoms with Gasteiger partial charge in [0.15, 0.2) is 0 Å². The maximum Gasteiger partial charge on any atom is 0.335 e. The molecule has 2 atom stereocenters. The van der Waals surface area contributed by atoms with Gasteiger partial charge in [0.05, 0.1) is 5.57 Å². The summed E-state index contributed by atoms with van der Waals surface area (Å²) >= 11 is 0. The summed E-state index contributed by atoms with van der Waals surface area (Å²) in [5, 5.41) is 9.19. The molecule has 0 amide bonds. The molecular weight excluding hydrogens is 200 g/mol. The predicted molar refractivity (Wildman–Crippen MR) is 64.4 cm³/mol. The molecule has 1 aliphatic rings. The van der Waals surface area contributed by atoms with Gasteiger partial charge in [0.25, 0.3) is 0 Å². The van der Waals surface area contributed by atoms with Gasteiger partial charge in [-0.25, -0.2) is 4.79 Å². The molecule has 0 saturated heterocycles. The summed E-state index contributed by atoms with van der Waals surface area (Å²) in [6.07, 6.45) is 1.87. The Balaban J connectivity index is 2.63. The van der Waals surface area contributed by atoms with Crippen molar-refractivity contribution < 1.29 is 9.90 Å². The fourth-order valence-electron chi connectivity index (χ4n) is 2.27. The predicted octanol–water partition coefficient (Wildman–Crippen LogP) is 3.22. The zero-order chi connectivity index (χ0) is 11.9. The fourth-order valence-corrected chi connectivity index (χ4v) is 2.27. The third-order valence-corrected chi connectivity index (χ3v) is 3.44. The van der Waals surface area contributed by atoms with Crippen LogP contribution in [0.3, 0.4) is 0 Å². The van der Waals surface area contributed by atoms with Gasteiger partial charge in [0.2, 0.25) is 0 Å². The molecule has 0 aliphatic heterocycles. The molecule has 2 heteroatoms. The number of aryl methyl sites for hydroxylation is 1. The first-order valence-corrected chi connectivity index (χ1v) is 5.56. The smallest absolute Gasteiger partial charge is 0.335 e. The number of hydrogen-bond acceptors (Lipinski definition) is 1. The van der Waals surface area contributed by atoms with Crippen LogP contribution in [0.1, 0.15) is 36.5 Å². The van der Waals surface area contributed by atoms with E-state index >= 15 is 0 Å². The first-order chi connectivity index (χ1) is 7.50. The van der Waals surface area contributed by atoms with Crippen molar-refractivity contribution in [2.45, 2.75) is 26.7 Å². The Bertz CT molecular complexity index is 472. The summed E-state index contributed by atoms with van der Waals surface area (Å²) in [5.74, 6) is -0.165. The molecule has 2 nitrogen and oxygen atoms in total. The number of hydrogen-bond donors (Lipinski definition) is 1. The molecule has 2 unspecified atom stereocenters. The third-order valence-electron chi connectivity index (χ3n) is 3.44. The normalized spacial score (nSPS) is 23.6. The molecule has 0 saturated carbocycles. The topological polar surface area (TPSA) is 37.3 Å². The van der Waals surface area contributed by atoms with Gasteiger partial charge in [-0.05, 0) is 29.9 Å². The molecule has 0 radical (unpaired) electrons. The van der Waals surface area contributed by atoms with Crippen molar-refractivity contribution in [2.75, 3.05) is 0 Å². The quantitative estimate of drug-likeness (QED) is 0.782. The third kappa shape index (κ3) is 1.64. The van der Waals surface area contributed by atoms with E-state index < -0.39 is 5.97 Å². The summed E-state index contributed by atoms with van der Waals surface area (Å²) in [6, 6.07) is 6.00. The van der Waals surface area contributed by atoms with Gasteiger partial charge in [-0.2, -0.15) is 0 Å². The summed E-state index contributed by atoms with van der Waals surface area (Å²) in [4.78, 5) is 11.2. The zero-order valence-electron chi connectivity index (χ0n) is 9.82. The zero-order valence-corrected chi connectivity index (χ0v) is 9.82. The van der Waals surface area contributed by atoms with Gasteiger partial charge in [0, 0.05) is 0 Å². The lowest BCUT2D eigenvalue weighted by Crippen LogP contribution is -2.16. The lowest BCUT2D eigenvalue weighted by molar-refractivity contribution is -0.130. The second-order valence-electron chi connectivity index (χ2n) is 4.62.